The molecule has 1 nitrogen and oxygen atoms in total. The Morgan fingerprint density at radius 3 is 2.20 bits per heavy atom. The Labute approximate surface area is 90.9 Å². The van der Waals surface area contributed by atoms with Gasteiger partial charge in [0.1, 0.15) is 0 Å². The number of alkyl halides is 3. The van der Waals surface area contributed by atoms with Crippen LogP contribution in [0.1, 0.15) is 12.5 Å². The molecule has 5 heteroatoms. The van der Waals surface area contributed by atoms with Crippen molar-refractivity contribution in [3.63, 3.8) is 0 Å². The van der Waals surface area contributed by atoms with E-state index in [2.05, 4.69) is 0 Å². The predicted molar refractivity (Wildman–Crippen MR) is 55.7 cm³/mol. The Hall–Kier alpha value is -0.680. The molecule has 0 bridgehead atoms. The molecule has 0 amide bonds. The van der Waals surface area contributed by atoms with Crippen molar-refractivity contribution in [2.24, 2.45) is 5.73 Å². The molecule has 0 heterocycles. The molecule has 0 aliphatic carbocycles. The van der Waals surface area contributed by atoms with Crippen molar-refractivity contribution in [1.82, 2.24) is 0 Å². The molecular formula is C10H12F3NS. The summed E-state index contributed by atoms with van der Waals surface area (Å²) in [6.07, 6.45) is 0.678. The van der Waals surface area contributed by atoms with E-state index < -0.39 is 5.51 Å². The zero-order valence-corrected chi connectivity index (χ0v) is 9.03. The van der Waals surface area contributed by atoms with Gasteiger partial charge in [-0.05, 0) is 42.8 Å². The summed E-state index contributed by atoms with van der Waals surface area (Å²) in [6.45, 7) is 1.86. The van der Waals surface area contributed by atoms with Gasteiger partial charge in [-0.3, -0.25) is 0 Å². The van der Waals surface area contributed by atoms with Crippen LogP contribution in [0.4, 0.5) is 13.2 Å². The van der Waals surface area contributed by atoms with E-state index in [0.717, 1.165) is 5.56 Å². The third kappa shape index (κ3) is 5.09. The Morgan fingerprint density at radius 2 is 1.80 bits per heavy atom. The highest BCUT2D eigenvalue weighted by Crippen LogP contribution is 2.36. The van der Waals surface area contributed by atoms with Crippen molar-refractivity contribution >= 4 is 11.8 Å². The average Bonchev–Trinajstić information content (AvgIpc) is 2.05. The van der Waals surface area contributed by atoms with Crippen LogP contribution in [-0.4, -0.2) is 11.6 Å². The van der Waals surface area contributed by atoms with Crippen molar-refractivity contribution in [2.75, 3.05) is 0 Å². The van der Waals surface area contributed by atoms with E-state index in [-0.39, 0.29) is 22.7 Å². The minimum atomic E-state index is -4.22. The smallest absolute Gasteiger partial charge is 0.328 e. The quantitative estimate of drug-likeness (QED) is 0.814. The molecule has 0 fully saturated rings. The highest BCUT2D eigenvalue weighted by Gasteiger charge is 2.28. The maximum atomic E-state index is 12.0. The van der Waals surface area contributed by atoms with Crippen LogP contribution in [0.5, 0.6) is 0 Å². The van der Waals surface area contributed by atoms with Gasteiger partial charge in [-0.2, -0.15) is 13.2 Å². The summed E-state index contributed by atoms with van der Waals surface area (Å²) in [5.74, 6) is 0. The van der Waals surface area contributed by atoms with Crippen LogP contribution >= 0.6 is 11.8 Å². The zero-order valence-electron chi connectivity index (χ0n) is 8.21. The molecule has 1 rings (SSSR count). The zero-order chi connectivity index (χ0) is 11.5. The van der Waals surface area contributed by atoms with Gasteiger partial charge in [0, 0.05) is 10.9 Å². The largest absolute Gasteiger partial charge is 0.446 e. The highest BCUT2D eigenvalue weighted by atomic mass is 32.2. The first-order valence-corrected chi connectivity index (χ1v) is 5.29. The van der Waals surface area contributed by atoms with Crippen molar-refractivity contribution < 1.29 is 13.2 Å². The Bertz CT molecular complexity index is 305. The molecule has 84 valence electrons. The van der Waals surface area contributed by atoms with E-state index in [0.29, 0.717) is 6.42 Å². The molecule has 2 N–H and O–H groups in total. The molecule has 1 unspecified atom stereocenters. The molecule has 1 aromatic carbocycles. The summed E-state index contributed by atoms with van der Waals surface area (Å²) in [7, 11) is 0. The first-order valence-electron chi connectivity index (χ1n) is 4.47. The monoisotopic (exact) mass is 235 g/mol. The second-order valence-corrected chi connectivity index (χ2v) is 4.51. The number of halogens is 3. The number of nitrogens with two attached hydrogens (primary N) is 1. The predicted octanol–water partition coefficient (Wildman–Crippen LogP) is 3.19. The van der Waals surface area contributed by atoms with Crippen LogP contribution < -0.4 is 5.73 Å². The second-order valence-electron chi connectivity index (χ2n) is 3.37. The van der Waals surface area contributed by atoms with E-state index in [4.69, 9.17) is 5.73 Å². The number of benzene rings is 1. The maximum absolute atomic E-state index is 12.0. The average molecular weight is 235 g/mol. The van der Waals surface area contributed by atoms with Gasteiger partial charge in [0.05, 0.1) is 0 Å². The fourth-order valence-corrected chi connectivity index (χ4v) is 1.74. The maximum Gasteiger partial charge on any atom is 0.446 e. The first kappa shape index (κ1) is 12.4. The van der Waals surface area contributed by atoms with Crippen molar-refractivity contribution in [1.29, 1.82) is 0 Å². The van der Waals surface area contributed by atoms with Crippen molar-refractivity contribution in [3.8, 4) is 0 Å². The first-order chi connectivity index (χ1) is 6.87. The molecule has 1 aromatic rings. The van der Waals surface area contributed by atoms with Crippen molar-refractivity contribution in [2.45, 2.75) is 29.8 Å². The van der Waals surface area contributed by atoms with E-state index in [1.54, 1.807) is 12.1 Å². The van der Waals surface area contributed by atoms with Gasteiger partial charge in [-0.15, -0.1) is 0 Å². The van der Waals surface area contributed by atoms with Crippen LogP contribution in [0, 0.1) is 0 Å². The van der Waals surface area contributed by atoms with Gasteiger partial charge in [0.25, 0.3) is 0 Å². The molecular weight excluding hydrogens is 223 g/mol. The van der Waals surface area contributed by atoms with Gasteiger partial charge >= 0.3 is 5.51 Å². The molecule has 15 heavy (non-hydrogen) atoms. The summed E-state index contributed by atoms with van der Waals surface area (Å²) >= 11 is -0.103. The molecule has 0 saturated heterocycles. The topological polar surface area (TPSA) is 26.0 Å². The van der Waals surface area contributed by atoms with Crippen LogP contribution in [0.3, 0.4) is 0 Å². The lowest BCUT2D eigenvalue weighted by Crippen LogP contribution is -2.17. The number of hydrogen-bond acceptors (Lipinski definition) is 2. The van der Waals surface area contributed by atoms with Gasteiger partial charge < -0.3 is 5.73 Å². The summed E-state index contributed by atoms with van der Waals surface area (Å²) in [4.78, 5) is 0.205. The lowest BCUT2D eigenvalue weighted by atomic mass is 10.1. The third-order valence-electron chi connectivity index (χ3n) is 1.71. The molecule has 1 atom stereocenters. The molecule has 0 aliphatic rings. The lowest BCUT2D eigenvalue weighted by molar-refractivity contribution is -0.0328. The Kier molecular flexibility index (Phi) is 4.04. The van der Waals surface area contributed by atoms with Crippen LogP contribution in [0.25, 0.3) is 0 Å². The number of hydrogen-bond donors (Lipinski definition) is 1. The molecule has 0 aliphatic heterocycles. The SMILES string of the molecule is CC(N)Cc1ccc(SC(F)(F)F)cc1. The molecule has 0 spiro atoms. The summed E-state index contributed by atoms with van der Waals surface area (Å²) < 4.78 is 36.0. The second kappa shape index (κ2) is 4.90. The van der Waals surface area contributed by atoms with E-state index in [1.165, 1.54) is 12.1 Å². The van der Waals surface area contributed by atoms with Crippen LogP contribution in [-0.2, 0) is 6.42 Å². The van der Waals surface area contributed by atoms with Gasteiger partial charge in [-0.1, -0.05) is 12.1 Å². The fraction of sp³-hybridized carbons (Fsp3) is 0.400. The number of thioether (sulfide) groups is 1. The van der Waals surface area contributed by atoms with Crippen molar-refractivity contribution in [3.05, 3.63) is 29.8 Å². The molecule has 0 saturated carbocycles. The highest BCUT2D eigenvalue weighted by molar-refractivity contribution is 8.00. The Morgan fingerprint density at radius 1 is 1.27 bits per heavy atom. The number of rotatable bonds is 3. The van der Waals surface area contributed by atoms with Crippen LogP contribution in [0.2, 0.25) is 0 Å². The minimum absolute atomic E-state index is 0.0196. The summed E-state index contributed by atoms with van der Waals surface area (Å²) in [6, 6.07) is 6.31. The van der Waals surface area contributed by atoms with Gasteiger partial charge in [0.15, 0.2) is 0 Å². The fourth-order valence-electron chi connectivity index (χ4n) is 1.20. The van der Waals surface area contributed by atoms with Gasteiger partial charge in [-0.25, -0.2) is 0 Å². The van der Waals surface area contributed by atoms with Gasteiger partial charge in [0.2, 0.25) is 0 Å². The Balaban J connectivity index is 2.64. The molecule has 0 aromatic heterocycles. The standard InChI is InChI=1S/C10H12F3NS/c1-7(14)6-8-2-4-9(5-3-8)15-10(11,12)13/h2-5,7H,6,14H2,1H3. The normalized spacial score (nSPS) is 13.9. The van der Waals surface area contributed by atoms with Crippen LogP contribution in [0.15, 0.2) is 29.2 Å². The van der Waals surface area contributed by atoms with E-state index >= 15 is 0 Å². The van der Waals surface area contributed by atoms with E-state index in [1.807, 2.05) is 6.92 Å². The molecule has 0 radical (unpaired) electrons. The minimum Gasteiger partial charge on any atom is -0.328 e. The third-order valence-corrected chi connectivity index (χ3v) is 2.45. The summed E-state index contributed by atoms with van der Waals surface area (Å²) in [5, 5.41) is 0. The van der Waals surface area contributed by atoms with E-state index in [9.17, 15) is 13.2 Å². The summed E-state index contributed by atoms with van der Waals surface area (Å²) in [5.41, 5.74) is 2.31. The lowest BCUT2D eigenvalue weighted by Gasteiger charge is -2.07.